The molecule has 0 unspecified atom stereocenters. The zero-order chi connectivity index (χ0) is 19.1. The number of hydrogen-bond acceptors (Lipinski definition) is 8. The van der Waals surface area contributed by atoms with Gasteiger partial charge in [0.2, 0.25) is 15.0 Å². The Morgan fingerprint density at radius 2 is 1.96 bits per heavy atom. The van der Waals surface area contributed by atoms with Crippen LogP contribution >= 0.6 is 11.3 Å². The van der Waals surface area contributed by atoms with Gasteiger partial charge in [-0.3, -0.25) is 4.21 Å². The van der Waals surface area contributed by atoms with Gasteiger partial charge in [-0.2, -0.15) is 0 Å². The van der Waals surface area contributed by atoms with E-state index >= 15 is 0 Å². The third kappa shape index (κ3) is 3.27. The Kier molecular flexibility index (Phi) is 4.91. The van der Waals surface area contributed by atoms with Gasteiger partial charge in [0.25, 0.3) is 0 Å². The van der Waals surface area contributed by atoms with Gasteiger partial charge in [-0.05, 0) is 6.07 Å². The third-order valence-corrected chi connectivity index (χ3v) is 6.51. The molecular weight excluding hydrogens is 396 g/mol. The van der Waals surface area contributed by atoms with E-state index in [4.69, 9.17) is 4.74 Å². The number of rotatable bonds is 4. The van der Waals surface area contributed by atoms with E-state index in [1.807, 2.05) is 0 Å². The number of fused-ring (bicyclic) bond motifs is 1. The smallest absolute Gasteiger partial charge is 0.348 e. The first kappa shape index (κ1) is 18.6. The number of thiophene rings is 1. The molecule has 0 N–H and O–H groups in total. The summed E-state index contributed by atoms with van der Waals surface area (Å²) in [6, 6.07) is 6.89. The molecule has 3 aromatic rings. The van der Waals surface area contributed by atoms with Gasteiger partial charge in [0, 0.05) is 34.7 Å². The Morgan fingerprint density at radius 3 is 2.58 bits per heavy atom. The molecule has 0 aliphatic carbocycles. The van der Waals surface area contributed by atoms with Crippen molar-refractivity contribution in [3.8, 4) is 11.1 Å². The van der Waals surface area contributed by atoms with Crippen LogP contribution in [0, 0.1) is 0 Å². The summed E-state index contributed by atoms with van der Waals surface area (Å²) in [7, 11) is -3.70. The third-order valence-electron chi connectivity index (χ3n) is 3.58. The van der Waals surface area contributed by atoms with Crippen LogP contribution in [-0.2, 0) is 25.4 Å². The van der Waals surface area contributed by atoms with E-state index in [9.17, 15) is 17.4 Å². The Morgan fingerprint density at radius 1 is 1.27 bits per heavy atom. The van der Waals surface area contributed by atoms with Crippen LogP contribution in [0.4, 0.5) is 0 Å². The monoisotopic (exact) mass is 410 g/mol. The Bertz CT molecular complexity index is 1150. The highest BCUT2D eigenvalue weighted by Crippen LogP contribution is 2.40. The highest BCUT2D eigenvalue weighted by molar-refractivity contribution is 7.90. The molecule has 0 bridgehead atoms. The van der Waals surface area contributed by atoms with Crippen molar-refractivity contribution in [2.75, 3.05) is 19.6 Å². The van der Waals surface area contributed by atoms with E-state index < -0.39 is 26.6 Å². The topological polar surface area (TPSA) is 103 Å². The zero-order valence-electron chi connectivity index (χ0n) is 14.0. The summed E-state index contributed by atoms with van der Waals surface area (Å²) in [5, 5.41) is -0.337. The van der Waals surface area contributed by atoms with Crippen LogP contribution in [0.15, 0.2) is 40.5 Å². The molecule has 0 amide bonds. The molecule has 1 aromatic carbocycles. The van der Waals surface area contributed by atoms with Gasteiger partial charge >= 0.3 is 5.97 Å². The summed E-state index contributed by atoms with van der Waals surface area (Å²) < 4.78 is 41.2. The van der Waals surface area contributed by atoms with Gasteiger partial charge in [-0.1, -0.05) is 18.2 Å². The van der Waals surface area contributed by atoms with Crippen LogP contribution in [0.3, 0.4) is 0 Å². The maximum absolute atomic E-state index is 12.3. The lowest BCUT2D eigenvalue weighted by Gasteiger charge is -2.08. The number of sulfone groups is 1. The molecule has 2 aromatic heterocycles. The van der Waals surface area contributed by atoms with Crippen molar-refractivity contribution in [3.05, 3.63) is 35.3 Å². The number of carbonyl (C=O) groups excluding carboxylic acids is 1. The number of ether oxygens (including phenoxy) is 1. The summed E-state index contributed by atoms with van der Waals surface area (Å²) in [4.78, 5) is 21.1. The lowest BCUT2D eigenvalue weighted by atomic mass is 10.1. The number of hydrogen-bond donors (Lipinski definition) is 0. The van der Waals surface area contributed by atoms with Gasteiger partial charge in [-0.15, -0.1) is 11.3 Å². The lowest BCUT2D eigenvalue weighted by Crippen LogP contribution is -2.04. The van der Waals surface area contributed by atoms with Crippen LogP contribution < -0.4 is 0 Å². The standard InChI is InChI=1S/C16H14N2O5S3/c1-23-15(19)14-12(9-6-4-5-7-11(9)25(2)20)13-10(24-14)8-17-16(18-13)26(3,21)22/h4-8H,1-3H3/t25-/m0/s1. The summed E-state index contributed by atoms with van der Waals surface area (Å²) in [6.45, 7) is 0. The van der Waals surface area contributed by atoms with Gasteiger partial charge in [0.1, 0.15) is 4.88 Å². The first-order valence-corrected chi connectivity index (χ1v) is 11.5. The molecule has 26 heavy (non-hydrogen) atoms. The minimum absolute atomic E-state index is 0.250. The number of nitrogens with zero attached hydrogens (tertiary/aromatic N) is 2. The molecule has 1 atom stereocenters. The van der Waals surface area contributed by atoms with Crippen molar-refractivity contribution in [2.24, 2.45) is 0 Å². The number of benzene rings is 1. The fourth-order valence-corrected chi connectivity index (χ4v) is 4.76. The maximum atomic E-state index is 12.3. The van der Waals surface area contributed by atoms with E-state index in [1.165, 1.54) is 19.6 Å². The van der Waals surface area contributed by atoms with Crippen molar-refractivity contribution in [3.63, 3.8) is 0 Å². The predicted octanol–water partition coefficient (Wildman–Crippen LogP) is 2.29. The van der Waals surface area contributed by atoms with Crippen LogP contribution in [0.25, 0.3) is 21.3 Å². The maximum Gasteiger partial charge on any atom is 0.348 e. The Labute approximate surface area is 156 Å². The van der Waals surface area contributed by atoms with Crippen molar-refractivity contribution in [1.29, 1.82) is 0 Å². The van der Waals surface area contributed by atoms with E-state index in [1.54, 1.807) is 24.3 Å². The van der Waals surface area contributed by atoms with E-state index in [0.717, 1.165) is 17.6 Å². The van der Waals surface area contributed by atoms with Crippen molar-refractivity contribution in [2.45, 2.75) is 10.1 Å². The fourth-order valence-electron chi connectivity index (χ4n) is 2.47. The number of carbonyl (C=O) groups is 1. The summed E-state index contributed by atoms with van der Waals surface area (Å²) >= 11 is 1.10. The molecule has 0 fully saturated rings. The number of methoxy groups -OCH3 is 1. The van der Waals surface area contributed by atoms with Crippen LogP contribution in [0.5, 0.6) is 0 Å². The largest absolute Gasteiger partial charge is 0.465 e. The van der Waals surface area contributed by atoms with Crippen LogP contribution in [0.1, 0.15) is 9.67 Å². The minimum Gasteiger partial charge on any atom is -0.465 e. The molecule has 0 saturated carbocycles. The molecule has 7 nitrogen and oxygen atoms in total. The highest BCUT2D eigenvalue weighted by atomic mass is 32.2. The van der Waals surface area contributed by atoms with Gasteiger partial charge in [0.05, 0.1) is 28.1 Å². The Hall–Kier alpha value is -2.17. The second-order valence-corrected chi connectivity index (χ2v) is 9.70. The zero-order valence-corrected chi connectivity index (χ0v) is 16.5. The quantitative estimate of drug-likeness (QED) is 0.480. The van der Waals surface area contributed by atoms with Gasteiger partial charge in [0.15, 0.2) is 0 Å². The lowest BCUT2D eigenvalue weighted by molar-refractivity contribution is 0.0607. The van der Waals surface area contributed by atoms with Crippen LogP contribution in [-0.4, -0.2) is 48.2 Å². The molecule has 0 spiro atoms. The number of aromatic nitrogens is 2. The van der Waals surface area contributed by atoms with Crippen molar-refractivity contribution in [1.82, 2.24) is 9.97 Å². The Balaban J connectivity index is 2.45. The van der Waals surface area contributed by atoms with E-state index in [-0.39, 0.29) is 10.0 Å². The molecule has 2 heterocycles. The molecule has 136 valence electrons. The summed E-state index contributed by atoms with van der Waals surface area (Å²) in [5.74, 6) is -0.583. The molecule has 0 radical (unpaired) electrons. The molecule has 0 saturated heterocycles. The van der Waals surface area contributed by atoms with Crippen LogP contribution in [0.2, 0.25) is 0 Å². The SMILES string of the molecule is COC(=O)c1sc2cnc(S(C)(=O)=O)nc2c1-c1ccccc1[S@](C)=O. The van der Waals surface area contributed by atoms with Crippen molar-refractivity contribution < 1.29 is 22.2 Å². The molecular formula is C16H14N2O5S3. The average molecular weight is 410 g/mol. The normalized spacial score (nSPS) is 12.9. The predicted molar refractivity (Wildman–Crippen MR) is 99.6 cm³/mol. The molecule has 0 aliphatic rings. The number of esters is 1. The molecule has 10 heteroatoms. The van der Waals surface area contributed by atoms with E-state index in [2.05, 4.69) is 9.97 Å². The van der Waals surface area contributed by atoms with Crippen molar-refractivity contribution >= 4 is 48.2 Å². The minimum atomic E-state index is -3.63. The summed E-state index contributed by atoms with van der Waals surface area (Å²) in [5.41, 5.74) is 1.25. The molecule has 3 rings (SSSR count). The van der Waals surface area contributed by atoms with Gasteiger partial charge in [-0.25, -0.2) is 23.2 Å². The van der Waals surface area contributed by atoms with Gasteiger partial charge < -0.3 is 4.74 Å². The van der Waals surface area contributed by atoms with E-state index in [0.29, 0.717) is 26.2 Å². The first-order chi connectivity index (χ1) is 12.2. The summed E-state index contributed by atoms with van der Waals surface area (Å²) in [6.07, 6.45) is 3.91. The second-order valence-electron chi connectivity index (χ2n) is 5.39. The second kappa shape index (κ2) is 6.86. The average Bonchev–Trinajstić information content (AvgIpc) is 2.98. The fraction of sp³-hybridized carbons (Fsp3) is 0.188. The molecule has 0 aliphatic heterocycles. The highest BCUT2D eigenvalue weighted by Gasteiger charge is 2.25. The first-order valence-electron chi connectivity index (χ1n) is 7.24.